The van der Waals surface area contributed by atoms with Crippen molar-refractivity contribution in [3.63, 3.8) is 0 Å². The number of hydrogen-bond acceptors (Lipinski definition) is 3. The van der Waals surface area contributed by atoms with E-state index in [9.17, 15) is 0 Å². The summed E-state index contributed by atoms with van der Waals surface area (Å²) in [6.45, 7) is 2.84. The number of dihydropyridines is 1. The van der Waals surface area contributed by atoms with Gasteiger partial charge in [0.15, 0.2) is 0 Å². The number of aliphatic imine (C=N–C) groups is 2. The van der Waals surface area contributed by atoms with Crippen LogP contribution < -0.4 is 0 Å². The van der Waals surface area contributed by atoms with Gasteiger partial charge < -0.3 is 4.90 Å². The number of allylic oxidation sites excluding steroid dienone is 1. The summed E-state index contributed by atoms with van der Waals surface area (Å²) in [5.41, 5.74) is 5.25. The monoisotopic (exact) mass is 263 g/mol. The van der Waals surface area contributed by atoms with Crippen molar-refractivity contribution in [3.05, 3.63) is 58.8 Å². The summed E-state index contributed by atoms with van der Waals surface area (Å²) in [6, 6.07) is 10.6. The minimum absolute atomic E-state index is 0.799. The molecule has 0 aliphatic carbocycles. The maximum absolute atomic E-state index is 4.85. The second-order valence-electron chi connectivity index (χ2n) is 5.44. The number of likely N-dealkylation sites (tertiary alicyclic amines) is 1. The lowest BCUT2D eigenvalue weighted by molar-refractivity contribution is 0.387. The maximum Gasteiger partial charge on any atom is 0.133 e. The van der Waals surface area contributed by atoms with E-state index >= 15 is 0 Å². The van der Waals surface area contributed by atoms with Crippen molar-refractivity contribution in [3.8, 4) is 0 Å². The van der Waals surface area contributed by atoms with Crippen LogP contribution in [0.15, 0.2) is 63.2 Å². The number of benzene rings is 1. The Morgan fingerprint density at radius 1 is 1.10 bits per heavy atom. The smallest absolute Gasteiger partial charge is 0.133 e. The second-order valence-corrected chi connectivity index (χ2v) is 5.44. The molecule has 3 aliphatic rings. The van der Waals surface area contributed by atoms with Crippen LogP contribution in [0.2, 0.25) is 0 Å². The normalized spacial score (nSPS) is 20.5. The quantitative estimate of drug-likeness (QED) is 0.806. The van der Waals surface area contributed by atoms with Crippen molar-refractivity contribution in [2.45, 2.75) is 19.4 Å². The maximum atomic E-state index is 4.85. The molecule has 4 rings (SSSR count). The molecule has 1 aromatic rings. The zero-order valence-electron chi connectivity index (χ0n) is 11.4. The standard InChI is InChI=1S/C17H17N3/c1-2-5-13(6-3-1)12-20-10-4-7-14-15-11-18-9-8-16(15)19-17(14)20/h1-3,5-6,8-9H,4,7,10-12H2. The molecule has 1 fully saturated rings. The van der Waals surface area contributed by atoms with Gasteiger partial charge in [-0.1, -0.05) is 30.3 Å². The topological polar surface area (TPSA) is 28.0 Å². The molecule has 0 unspecified atom stereocenters. The molecule has 0 bridgehead atoms. The third-order valence-electron chi connectivity index (χ3n) is 4.13. The summed E-state index contributed by atoms with van der Waals surface area (Å²) < 4.78 is 0. The van der Waals surface area contributed by atoms with Gasteiger partial charge in [0.05, 0.1) is 12.2 Å². The highest BCUT2D eigenvalue weighted by molar-refractivity contribution is 6.04. The van der Waals surface area contributed by atoms with Gasteiger partial charge in [-0.2, -0.15) is 0 Å². The van der Waals surface area contributed by atoms with E-state index in [1.165, 1.54) is 29.0 Å². The minimum atomic E-state index is 0.799. The Kier molecular flexibility index (Phi) is 2.76. The third kappa shape index (κ3) is 1.90. The Balaban J connectivity index is 1.65. The number of rotatable bonds is 2. The molecular weight excluding hydrogens is 246 g/mol. The zero-order valence-corrected chi connectivity index (χ0v) is 11.4. The Bertz CT molecular complexity index is 650. The highest BCUT2D eigenvalue weighted by Crippen LogP contribution is 2.34. The molecule has 0 spiro atoms. The van der Waals surface area contributed by atoms with Gasteiger partial charge in [0.2, 0.25) is 0 Å². The van der Waals surface area contributed by atoms with Gasteiger partial charge >= 0.3 is 0 Å². The van der Waals surface area contributed by atoms with E-state index in [0.29, 0.717) is 0 Å². The molecule has 3 heterocycles. The van der Waals surface area contributed by atoms with Gasteiger partial charge in [0, 0.05) is 30.5 Å². The molecule has 1 aromatic carbocycles. The van der Waals surface area contributed by atoms with E-state index in [1.54, 1.807) is 0 Å². The lowest BCUT2D eigenvalue weighted by Crippen LogP contribution is -2.35. The summed E-state index contributed by atoms with van der Waals surface area (Å²) in [5, 5.41) is 0. The van der Waals surface area contributed by atoms with Crippen LogP contribution in [0.3, 0.4) is 0 Å². The highest BCUT2D eigenvalue weighted by atomic mass is 15.2. The molecule has 1 saturated heterocycles. The number of amidine groups is 1. The van der Waals surface area contributed by atoms with Crippen molar-refractivity contribution in [1.29, 1.82) is 0 Å². The van der Waals surface area contributed by atoms with Gasteiger partial charge in [-0.25, -0.2) is 4.99 Å². The van der Waals surface area contributed by atoms with E-state index in [4.69, 9.17) is 4.99 Å². The number of fused-ring (bicyclic) bond motifs is 2. The van der Waals surface area contributed by atoms with Crippen molar-refractivity contribution >= 4 is 12.1 Å². The molecule has 3 aliphatic heterocycles. The van der Waals surface area contributed by atoms with Crippen LogP contribution >= 0.6 is 0 Å². The molecule has 20 heavy (non-hydrogen) atoms. The van der Waals surface area contributed by atoms with Crippen LogP contribution in [0, 0.1) is 0 Å². The summed E-state index contributed by atoms with van der Waals surface area (Å²) in [7, 11) is 0. The molecule has 0 amide bonds. The van der Waals surface area contributed by atoms with E-state index in [0.717, 1.165) is 31.8 Å². The van der Waals surface area contributed by atoms with E-state index in [-0.39, 0.29) is 0 Å². The van der Waals surface area contributed by atoms with Gasteiger partial charge in [-0.05, 0) is 24.5 Å². The Morgan fingerprint density at radius 2 is 2.00 bits per heavy atom. The van der Waals surface area contributed by atoms with Crippen LogP contribution in [0.5, 0.6) is 0 Å². The average molecular weight is 263 g/mol. The van der Waals surface area contributed by atoms with Crippen LogP contribution in [0.25, 0.3) is 0 Å². The first-order valence-electron chi connectivity index (χ1n) is 7.22. The Labute approximate surface area is 119 Å². The fourth-order valence-corrected chi connectivity index (χ4v) is 3.15. The first-order valence-corrected chi connectivity index (χ1v) is 7.22. The van der Waals surface area contributed by atoms with Crippen LogP contribution in [0.4, 0.5) is 0 Å². The van der Waals surface area contributed by atoms with Gasteiger partial charge in [0.1, 0.15) is 5.84 Å². The van der Waals surface area contributed by atoms with Crippen LogP contribution in [-0.4, -0.2) is 30.0 Å². The van der Waals surface area contributed by atoms with Gasteiger partial charge in [-0.3, -0.25) is 4.99 Å². The minimum Gasteiger partial charge on any atom is -0.352 e. The van der Waals surface area contributed by atoms with Gasteiger partial charge in [-0.15, -0.1) is 0 Å². The largest absolute Gasteiger partial charge is 0.352 e. The molecule has 100 valence electrons. The van der Waals surface area contributed by atoms with Crippen LogP contribution in [-0.2, 0) is 6.54 Å². The number of hydrogen-bond donors (Lipinski definition) is 0. The molecule has 0 radical (unpaired) electrons. The Morgan fingerprint density at radius 3 is 2.90 bits per heavy atom. The molecule has 0 saturated carbocycles. The predicted molar refractivity (Wildman–Crippen MR) is 82.0 cm³/mol. The van der Waals surface area contributed by atoms with E-state index in [1.807, 2.05) is 12.3 Å². The fraction of sp³-hybridized carbons (Fsp3) is 0.294. The summed E-state index contributed by atoms with van der Waals surface area (Å²) in [6.07, 6.45) is 6.27. The second kappa shape index (κ2) is 4.75. The number of piperidine rings is 1. The van der Waals surface area contributed by atoms with E-state index in [2.05, 4.69) is 40.2 Å². The van der Waals surface area contributed by atoms with Crippen molar-refractivity contribution in [1.82, 2.24) is 4.90 Å². The Hall–Kier alpha value is -2.16. The molecule has 0 atom stereocenters. The SMILES string of the molecule is C1=NCC2=C3CCCN(Cc4ccccc4)C3=NC2=C1. The van der Waals surface area contributed by atoms with E-state index < -0.39 is 0 Å². The van der Waals surface area contributed by atoms with Gasteiger partial charge in [0.25, 0.3) is 0 Å². The number of nitrogens with zero attached hydrogens (tertiary/aromatic N) is 3. The van der Waals surface area contributed by atoms with Crippen molar-refractivity contribution in [2.75, 3.05) is 13.1 Å². The first kappa shape index (κ1) is 11.6. The molecule has 0 N–H and O–H groups in total. The molecular formula is C17H17N3. The molecule has 3 nitrogen and oxygen atoms in total. The first-order chi connectivity index (χ1) is 9.92. The summed E-state index contributed by atoms with van der Waals surface area (Å²) >= 11 is 0. The highest BCUT2D eigenvalue weighted by Gasteiger charge is 2.30. The third-order valence-corrected chi connectivity index (χ3v) is 4.13. The summed E-state index contributed by atoms with van der Waals surface area (Å²) in [5.74, 6) is 1.19. The predicted octanol–water partition coefficient (Wildman–Crippen LogP) is 2.96. The van der Waals surface area contributed by atoms with Crippen LogP contribution in [0.1, 0.15) is 18.4 Å². The molecule has 0 aromatic heterocycles. The average Bonchev–Trinajstić information content (AvgIpc) is 2.88. The van der Waals surface area contributed by atoms with Crippen molar-refractivity contribution in [2.24, 2.45) is 9.98 Å². The molecule has 3 heteroatoms. The summed E-state index contributed by atoms with van der Waals surface area (Å²) in [4.78, 5) is 11.6. The lowest BCUT2D eigenvalue weighted by Gasteiger charge is -2.30. The lowest BCUT2D eigenvalue weighted by atomic mass is 9.97. The fourth-order valence-electron chi connectivity index (χ4n) is 3.15. The van der Waals surface area contributed by atoms with Crippen molar-refractivity contribution < 1.29 is 0 Å². The zero-order chi connectivity index (χ0) is 13.4.